The van der Waals surface area contributed by atoms with Crippen LogP contribution in [0.1, 0.15) is 91.9 Å². The number of rotatable bonds is 10. The van der Waals surface area contributed by atoms with Gasteiger partial charge >= 0.3 is 11.9 Å². The van der Waals surface area contributed by atoms with Crippen LogP contribution in [-0.2, 0) is 23.8 Å². The van der Waals surface area contributed by atoms with E-state index in [1.807, 2.05) is 0 Å². The van der Waals surface area contributed by atoms with Crippen LogP contribution in [0.4, 0.5) is 0 Å². The van der Waals surface area contributed by atoms with Gasteiger partial charge in [0.15, 0.2) is 0 Å². The third kappa shape index (κ3) is 5.32. The minimum absolute atomic E-state index is 0.0118. The molecule has 0 aromatic carbocycles. The number of hydrogen-bond acceptors (Lipinski definition) is 7. The SMILES string of the molecule is C=C(OCOC(=O)CC)OC1CCC2(C)C(C1)CC(O)C1C2C[C@H](O)C2(C)C(C(C)CCC(=O)O)CCC12. The molecular formula is C30H48O8. The van der Waals surface area contributed by atoms with Crippen molar-refractivity contribution in [2.24, 2.45) is 46.3 Å². The molecule has 0 heterocycles. The highest BCUT2D eigenvalue weighted by Gasteiger charge is 2.65. The number of carboxylic acids is 1. The zero-order valence-electron chi connectivity index (χ0n) is 23.6. The lowest BCUT2D eigenvalue weighted by molar-refractivity contribution is -0.210. The van der Waals surface area contributed by atoms with Crippen LogP contribution in [0.5, 0.6) is 0 Å². The van der Waals surface area contributed by atoms with E-state index in [2.05, 4.69) is 27.4 Å². The average Bonchev–Trinajstić information content (AvgIpc) is 3.22. The Kier molecular flexibility index (Phi) is 8.73. The summed E-state index contributed by atoms with van der Waals surface area (Å²) in [6.07, 6.45) is 6.09. The van der Waals surface area contributed by atoms with Crippen molar-refractivity contribution in [2.45, 2.75) is 110 Å². The first kappa shape index (κ1) is 29.2. The molecule has 0 aromatic heterocycles. The van der Waals surface area contributed by atoms with Gasteiger partial charge in [-0.05, 0) is 104 Å². The molecule has 10 unspecified atom stereocenters. The zero-order valence-corrected chi connectivity index (χ0v) is 23.6. The van der Waals surface area contributed by atoms with Crippen molar-refractivity contribution >= 4 is 11.9 Å². The molecule has 216 valence electrons. The fourth-order valence-electron chi connectivity index (χ4n) is 9.26. The molecule has 11 atom stereocenters. The Labute approximate surface area is 227 Å². The Morgan fingerprint density at radius 2 is 1.79 bits per heavy atom. The smallest absolute Gasteiger partial charge is 0.308 e. The second kappa shape index (κ2) is 11.4. The Hall–Kier alpha value is -1.80. The minimum Gasteiger partial charge on any atom is -0.481 e. The van der Waals surface area contributed by atoms with E-state index in [-0.39, 0.29) is 84.0 Å². The highest BCUT2D eigenvalue weighted by atomic mass is 16.7. The molecule has 4 aliphatic carbocycles. The summed E-state index contributed by atoms with van der Waals surface area (Å²) in [5, 5.41) is 32.5. The predicted octanol–water partition coefficient (Wildman–Crippen LogP) is 4.87. The topological polar surface area (TPSA) is 123 Å². The first-order chi connectivity index (χ1) is 17.9. The van der Waals surface area contributed by atoms with Gasteiger partial charge in [-0.3, -0.25) is 9.59 Å². The van der Waals surface area contributed by atoms with Gasteiger partial charge in [0.2, 0.25) is 6.79 Å². The molecule has 0 aliphatic heterocycles. The van der Waals surface area contributed by atoms with Gasteiger partial charge in [-0.15, -0.1) is 0 Å². The van der Waals surface area contributed by atoms with E-state index in [0.717, 1.165) is 38.5 Å². The Morgan fingerprint density at radius 1 is 1.05 bits per heavy atom. The van der Waals surface area contributed by atoms with E-state index < -0.39 is 18.2 Å². The summed E-state index contributed by atoms with van der Waals surface area (Å²) in [4.78, 5) is 22.5. The lowest BCUT2D eigenvalue weighted by atomic mass is 9.43. The highest BCUT2D eigenvalue weighted by Crippen LogP contribution is 2.68. The molecule has 0 aromatic rings. The monoisotopic (exact) mass is 536 g/mol. The Bertz CT molecular complexity index is 889. The lowest BCUT2D eigenvalue weighted by Gasteiger charge is -2.63. The van der Waals surface area contributed by atoms with Gasteiger partial charge in [-0.25, -0.2) is 0 Å². The normalized spacial score (nSPS) is 42.7. The minimum atomic E-state index is -0.767. The molecule has 4 fully saturated rings. The van der Waals surface area contributed by atoms with E-state index in [0.29, 0.717) is 12.8 Å². The van der Waals surface area contributed by atoms with Gasteiger partial charge in [-0.2, -0.15) is 0 Å². The van der Waals surface area contributed by atoms with Crippen LogP contribution >= 0.6 is 0 Å². The van der Waals surface area contributed by atoms with Gasteiger partial charge in [0, 0.05) is 12.8 Å². The van der Waals surface area contributed by atoms with Crippen molar-refractivity contribution in [1.29, 1.82) is 0 Å². The number of ether oxygens (including phenoxy) is 3. The van der Waals surface area contributed by atoms with Crippen molar-refractivity contribution < 1.29 is 39.1 Å². The molecule has 0 spiro atoms. The zero-order chi connectivity index (χ0) is 27.8. The van der Waals surface area contributed by atoms with Crippen LogP contribution in [0.25, 0.3) is 0 Å². The number of carbonyl (C=O) groups is 2. The standard InChI is InChI=1S/C30H48O8/c1-6-27(35)37-16-36-18(3)38-20-11-12-29(4)19(13-20)14-24(31)28-22-9-8-21(17(2)7-10-26(33)34)30(22,5)25(32)15-23(28)29/h17,19-25,28,31-32H,3,6-16H2,1-2,4-5H3,(H,33,34)/t17?,19?,20?,21?,22?,23?,24?,25-,28?,29?,30?/m0/s1. The van der Waals surface area contributed by atoms with Crippen LogP contribution in [0.2, 0.25) is 0 Å². The van der Waals surface area contributed by atoms with Crippen LogP contribution in [0.3, 0.4) is 0 Å². The molecule has 4 saturated carbocycles. The molecule has 0 saturated heterocycles. The van der Waals surface area contributed by atoms with Crippen molar-refractivity contribution in [3.8, 4) is 0 Å². The maximum atomic E-state index is 11.7. The molecule has 0 bridgehead atoms. The Balaban J connectivity index is 1.42. The van der Waals surface area contributed by atoms with Crippen LogP contribution in [-0.4, -0.2) is 52.4 Å². The molecule has 8 heteroatoms. The summed E-state index contributed by atoms with van der Waals surface area (Å²) in [7, 11) is 0. The van der Waals surface area contributed by atoms with E-state index >= 15 is 0 Å². The van der Waals surface area contributed by atoms with Gasteiger partial charge in [0.05, 0.1) is 12.2 Å². The summed E-state index contributed by atoms with van der Waals surface area (Å²) >= 11 is 0. The third-order valence-electron chi connectivity index (χ3n) is 11.3. The number of aliphatic hydroxyl groups excluding tert-OH is 2. The molecule has 0 radical (unpaired) electrons. The van der Waals surface area contributed by atoms with Gasteiger partial charge in [0.25, 0.3) is 5.95 Å². The number of carbonyl (C=O) groups excluding carboxylic acids is 1. The second-order valence-electron chi connectivity index (χ2n) is 13.0. The van der Waals surface area contributed by atoms with E-state index in [9.17, 15) is 24.9 Å². The first-order valence-electron chi connectivity index (χ1n) is 14.6. The molecule has 4 rings (SSSR count). The quantitative estimate of drug-likeness (QED) is 0.205. The fourth-order valence-corrected chi connectivity index (χ4v) is 9.26. The van der Waals surface area contributed by atoms with Crippen molar-refractivity contribution in [1.82, 2.24) is 0 Å². The van der Waals surface area contributed by atoms with Gasteiger partial charge in [-0.1, -0.05) is 27.7 Å². The highest BCUT2D eigenvalue weighted by molar-refractivity contribution is 5.68. The van der Waals surface area contributed by atoms with Crippen molar-refractivity contribution in [3.05, 3.63) is 12.5 Å². The van der Waals surface area contributed by atoms with Crippen LogP contribution < -0.4 is 0 Å². The van der Waals surface area contributed by atoms with E-state index in [1.165, 1.54) is 0 Å². The molecule has 3 N–H and O–H groups in total. The first-order valence-corrected chi connectivity index (χ1v) is 14.6. The summed E-state index contributed by atoms with van der Waals surface area (Å²) in [5.74, 6) is 0.451. The molecule has 38 heavy (non-hydrogen) atoms. The number of fused-ring (bicyclic) bond motifs is 5. The lowest BCUT2D eigenvalue weighted by Crippen LogP contribution is -2.62. The Morgan fingerprint density at radius 3 is 2.47 bits per heavy atom. The summed E-state index contributed by atoms with van der Waals surface area (Å²) in [6.45, 7) is 12.0. The largest absolute Gasteiger partial charge is 0.481 e. The summed E-state index contributed by atoms with van der Waals surface area (Å²) in [5.41, 5.74) is -0.280. The molecule has 4 aliphatic rings. The number of aliphatic hydroxyl groups is 2. The summed E-state index contributed by atoms with van der Waals surface area (Å²) in [6, 6.07) is 0. The third-order valence-corrected chi connectivity index (χ3v) is 11.3. The van der Waals surface area contributed by atoms with Crippen molar-refractivity contribution in [3.63, 3.8) is 0 Å². The molecular weight excluding hydrogens is 488 g/mol. The maximum Gasteiger partial charge on any atom is 0.308 e. The number of carboxylic acid groups (broad SMARTS) is 1. The molecule has 0 amide bonds. The molecule has 8 nitrogen and oxygen atoms in total. The second-order valence-corrected chi connectivity index (χ2v) is 13.0. The fraction of sp³-hybridized carbons (Fsp3) is 0.867. The number of esters is 1. The predicted molar refractivity (Wildman–Crippen MR) is 140 cm³/mol. The van der Waals surface area contributed by atoms with Gasteiger partial charge < -0.3 is 29.5 Å². The average molecular weight is 537 g/mol. The maximum absolute atomic E-state index is 11.7. The van der Waals surface area contributed by atoms with Crippen LogP contribution in [0, 0.1) is 46.3 Å². The summed E-state index contributed by atoms with van der Waals surface area (Å²) < 4.78 is 16.3. The number of aliphatic carboxylic acids is 1. The number of hydrogen-bond donors (Lipinski definition) is 3. The van der Waals surface area contributed by atoms with E-state index in [1.54, 1.807) is 6.92 Å². The van der Waals surface area contributed by atoms with E-state index in [4.69, 9.17) is 14.2 Å². The van der Waals surface area contributed by atoms with Crippen LogP contribution in [0.15, 0.2) is 12.5 Å². The van der Waals surface area contributed by atoms with Crippen molar-refractivity contribution in [2.75, 3.05) is 6.79 Å². The van der Waals surface area contributed by atoms with Gasteiger partial charge in [0.1, 0.15) is 6.10 Å².